The molecule has 7 rings (SSSR count). The van der Waals surface area contributed by atoms with Gasteiger partial charge in [-0.2, -0.15) is 9.49 Å². The summed E-state index contributed by atoms with van der Waals surface area (Å²) in [5.74, 6) is 0.737. The summed E-state index contributed by atoms with van der Waals surface area (Å²) in [6.07, 6.45) is 2.10. The third kappa shape index (κ3) is 4.12. The largest absolute Gasteiger partial charge is 0.508 e. The minimum Gasteiger partial charge on any atom is -0.508 e. The predicted octanol–water partition coefficient (Wildman–Crippen LogP) is 4.47. The van der Waals surface area contributed by atoms with Gasteiger partial charge >= 0.3 is 0 Å². The number of guanidine groups is 1. The van der Waals surface area contributed by atoms with Gasteiger partial charge in [0.1, 0.15) is 17.1 Å². The first kappa shape index (κ1) is 25.2. The molecule has 41 heavy (non-hydrogen) atoms. The van der Waals surface area contributed by atoms with Crippen molar-refractivity contribution >= 4 is 29.2 Å². The van der Waals surface area contributed by atoms with E-state index in [4.69, 9.17) is 5.10 Å². The molecule has 3 aliphatic rings. The molecule has 0 spiro atoms. The van der Waals surface area contributed by atoms with Crippen LogP contribution >= 0.6 is 0 Å². The number of aliphatic imine (C=N–C) groups is 1. The van der Waals surface area contributed by atoms with Gasteiger partial charge in [0.15, 0.2) is 11.5 Å². The molecule has 0 saturated heterocycles. The molecule has 1 saturated carbocycles. The summed E-state index contributed by atoms with van der Waals surface area (Å²) in [5.41, 5.74) is 2.05. The number of carbonyl (C=O) groups is 1. The molecule has 10 nitrogen and oxygen atoms in total. The summed E-state index contributed by atoms with van der Waals surface area (Å²) in [4.78, 5) is 26.1. The van der Waals surface area contributed by atoms with Crippen LogP contribution < -0.4 is 10.2 Å². The molecule has 2 aromatic carbocycles. The fourth-order valence-corrected chi connectivity index (χ4v) is 5.99. The van der Waals surface area contributed by atoms with E-state index < -0.39 is 11.7 Å². The third-order valence-electron chi connectivity index (χ3n) is 7.98. The smallest absolute Gasteiger partial charge is 0.268 e. The van der Waals surface area contributed by atoms with E-state index in [2.05, 4.69) is 15.3 Å². The number of rotatable bonds is 6. The average molecular weight is 554 g/mol. The maximum Gasteiger partial charge on any atom is 0.268 e. The van der Waals surface area contributed by atoms with Crippen LogP contribution in [0.2, 0.25) is 0 Å². The summed E-state index contributed by atoms with van der Waals surface area (Å²) < 4.78 is 15.4. The van der Waals surface area contributed by atoms with Crippen molar-refractivity contribution in [1.82, 2.24) is 19.7 Å². The Bertz CT molecular complexity index is 1690. The van der Waals surface area contributed by atoms with Crippen molar-refractivity contribution < 1.29 is 19.4 Å². The van der Waals surface area contributed by atoms with Gasteiger partial charge in [0.05, 0.1) is 18.3 Å². The zero-order chi connectivity index (χ0) is 28.3. The summed E-state index contributed by atoms with van der Waals surface area (Å²) >= 11 is 0. The van der Waals surface area contributed by atoms with Crippen LogP contribution in [0.25, 0.3) is 11.3 Å². The number of aromatic hydroxyl groups is 1. The normalized spacial score (nSPS) is 21.0. The van der Waals surface area contributed by atoms with Crippen molar-refractivity contribution in [2.24, 2.45) is 4.99 Å². The Labute approximate surface area is 235 Å². The Hall–Kier alpha value is -4.77. The second-order valence-electron chi connectivity index (χ2n) is 10.5. The molecule has 1 fully saturated rings. The maximum absolute atomic E-state index is 13.9. The van der Waals surface area contributed by atoms with Gasteiger partial charge in [0.2, 0.25) is 11.9 Å². The van der Waals surface area contributed by atoms with E-state index in [1.165, 1.54) is 6.07 Å². The molecule has 1 amide bonds. The Morgan fingerprint density at radius 1 is 1.10 bits per heavy atom. The molecule has 0 bridgehead atoms. The molecular weight excluding hydrogens is 525 g/mol. The first-order valence-corrected chi connectivity index (χ1v) is 13.7. The number of phenols is 1. The van der Waals surface area contributed by atoms with Crippen LogP contribution in [-0.4, -0.2) is 60.1 Å². The van der Waals surface area contributed by atoms with Crippen molar-refractivity contribution in [3.8, 4) is 17.0 Å². The number of aliphatic hydroxyl groups is 1. The number of anilines is 3. The van der Waals surface area contributed by atoms with Gasteiger partial charge in [-0.3, -0.25) is 14.6 Å². The van der Waals surface area contributed by atoms with E-state index >= 15 is 0 Å². The van der Waals surface area contributed by atoms with Crippen molar-refractivity contribution in [2.45, 2.75) is 44.5 Å². The second-order valence-corrected chi connectivity index (χ2v) is 10.5. The van der Waals surface area contributed by atoms with Gasteiger partial charge in [-0.15, -0.1) is 0 Å². The first-order chi connectivity index (χ1) is 19.8. The molecular formula is C30H28FN7O3. The molecule has 2 aromatic heterocycles. The summed E-state index contributed by atoms with van der Waals surface area (Å²) in [5, 5.41) is 29.4. The van der Waals surface area contributed by atoms with Gasteiger partial charge in [0.25, 0.3) is 5.91 Å². The molecule has 0 unspecified atom stereocenters. The Morgan fingerprint density at radius 3 is 2.61 bits per heavy atom. The van der Waals surface area contributed by atoms with Crippen molar-refractivity contribution in [2.75, 3.05) is 16.8 Å². The number of nitrogens with one attached hydrogen (secondary N) is 1. The second kappa shape index (κ2) is 9.41. The molecule has 4 aromatic rings. The highest BCUT2D eigenvalue weighted by atomic mass is 19.1. The first-order valence-electron chi connectivity index (χ1n) is 13.7. The zero-order valence-electron chi connectivity index (χ0n) is 22.3. The number of hydrogen-bond donors (Lipinski definition) is 3. The lowest BCUT2D eigenvalue weighted by atomic mass is 10.1. The van der Waals surface area contributed by atoms with Crippen molar-refractivity contribution in [1.29, 1.82) is 0 Å². The molecule has 2 atom stereocenters. The molecule has 11 heteroatoms. The maximum atomic E-state index is 13.9. The number of nitrogens with zero attached hydrogens (tertiary/aromatic N) is 6. The average Bonchev–Trinajstić information content (AvgIpc) is 3.59. The van der Waals surface area contributed by atoms with Crippen LogP contribution in [0.1, 0.15) is 42.1 Å². The Morgan fingerprint density at radius 2 is 1.88 bits per heavy atom. The number of fused-ring (bicyclic) bond motifs is 5. The lowest BCUT2D eigenvalue weighted by Crippen LogP contribution is -2.53. The molecule has 3 N–H and O–H groups in total. The Balaban J connectivity index is 1.31. The van der Waals surface area contributed by atoms with Gasteiger partial charge < -0.3 is 15.5 Å². The summed E-state index contributed by atoms with van der Waals surface area (Å²) in [6.45, 7) is 2.60. The quantitative estimate of drug-likeness (QED) is 0.238. The van der Waals surface area contributed by atoms with E-state index in [1.54, 1.807) is 46.0 Å². The van der Waals surface area contributed by atoms with E-state index in [9.17, 15) is 19.4 Å². The lowest BCUT2D eigenvalue weighted by Gasteiger charge is -2.35. The van der Waals surface area contributed by atoms with Crippen molar-refractivity contribution in [3.05, 3.63) is 83.8 Å². The number of carbonyl (C=O) groups excluding carboxylic acids is 1. The predicted molar refractivity (Wildman–Crippen MR) is 152 cm³/mol. The number of pyridine rings is 1. The standard InChI is InChI=1S/C30H28FN7O3/c1-2-36-28(40)25-26(32-20-12-14-21(39)15-13-20)37(35-27(25)38-23-6-4-16-30(23,41)34-29(36)38)17-18-8-10-19(11-9-18)22-5-3-7-24(31)33-22/h3,5,7-15,23,32,39,41H,2,4,6,16-17H2,1H3/t23-,30-/m0/s1. The minimum atomic E-state index is -1.25. The number of hydrogen-bond acceptors (Lipinski definition) is 8. The van der Waals surface area contributed by atoms with Crippen LogP contribution in [0.3, 0.4) is 0 Å². The SMILES string of the molecule is CCN1C(=O)c2c(nn(Cc3ccc(-c4cccc(F)n4)cc3)c2Nc2ccc(O)cc2)N2C1=N[C@]1(O)CCC[C@H]21. The number of benzene rings is 2. The molecule has 2 aliphatic heterocycles. The number of amides is 1. The number of halogens is 1. The number of aromatic nitrogens is 3. The van der Waals surface area contributed by atoms with Crippen LogP contribution in [0.15, 0.2) is 71.7 Å². The summed E-state index contributed by atoms with van der Waals surface area (Å²) in [7, 11) is 0. The highest BCUT2D eigenvalue weighted by Gasteiger charge is 2.56. The third-order valence-corrected chi connectivity index (χ3v) is 7.98. The lowest BCUT2D eigenvalue weighted by molar-refractivity contribution is 0.0512. The highest BCUT2D eigenvalue weighted by Crippen LogP contribution is 2.47. The Kier molecular flexibility index (Phi) is 5.79. The molecule has 4 heterocycles. The van der Waals surface area contributed by atoms with E-state index in [-0.39, 0.29) is 17.7 Å². The van der Waals surface area contributed by atoms with Crippen LogP contribution in [0.4, 0.5) is 21.7 Å². The number of phenolic OH excluding ortho intramolecular Hbond substituents is 1. The van der Waals surface area contributed by atoms with E-state index in [1.807, 2.05) is 36.1 Å². The topological polar surface area (TPSA) is 119 Å². The van der Waals surface area contributed by atoms with E-state index in [0.29, 0.717) is 54.1 Å². The fraction of sp³-hybridized carbons (Fsp3) is 0.267. The monoisotopic (exact) mass is 553 g/mol. The van der Waals surface area contributed by atoms with Gasteiger partial charge in [0, 0.05) is 17.8 Å². The molecule has 1 aliphatic carbocycles. The van der Waals surface area contributed by atoms with Crippen molar-refractivity contribution in [3.63, 3.8) is 0 Å². The fourth-order valence-electron chi connectivity index (χ4n) is 5.99. The van der Waals surface area contributed by atoms with Crippen LogP contribution in [0.5, 0.6) is 5.75 Å². The molecule has 0 radical (unpaired) electrons. The van der Waals surface area contributed by atoms with Gasteiger partial charge in [-0.1, -0.05) is 30.3 Å². The van der Waals surface area contributed by atoms with Gasteiger partial charge in [-0.05, 0) is 68.1 Å². The van der Waals surface area contributed by atoms with Crippen LogP contribution in [0, 0.1) is 5.95 Å². The zero-order valence-corrected chi connectivity index (χ0v) is 22.3. The van der Waals surface area contributed by atoms with Crippen LogP contribution in [-0.2, 0) is 6.54 Å². The molecule has 208 valence electrons. The van der Waals surface area contributed by atoms with E-state index in [0.717, 1.165) is 24.0 Å². The highest BCUT2D eigenvalue weighted by molar-refractivity contribution is 6.21. The minimum absolute atomic E-state index is 0.130. The van der Waals surface area contributed by atoms with Gasteiger partial charge in [-0.25, -0.2) is 14.7 Å². The summed E-state index contributed by atoms with van der Waals surface area (Å²) in [6, 6.07) is 18.6.